The zero-order valence-electron chi connectivity index (χ0n) is 20.5. The molecule has 3 aromatic carbocycles. The van der Waals surface area contributed by atoms with Crippen molar-refractivity contribution in [2.24, 2.45) is 0 Å². The largest absolute Gasteiger partial charge is 0.482 e. The molecule has 37 heavy (non-hydrogen) atoms. The van der Waals surface area contributed by atoms with Gasteiger partial charge in [-0.1, -0.05) is 72.8 Å². The first-order valence-corrected chi connectivity index (χ1v) is 12.6. The molecule has 1 aliphatic carbocycles. The van der Waals surface area contributed by atoms with Crippen LogP contribution in [0.5, 0.6) is 5.75 Å². The number of fused-ring (bicyclic) bond motifs is 1. The molecule has 0 amide bonds. The highest BCUT2D eigenvalue weighted by molar-refractivity contribution is 5.76. The highest BCUT2D eigenvalue weighted by Gasteiger charge is 2.29. The molecule has 0 fully saturated rings. The van der Waals surface area contributed by atoms with Crippen molar-refractivity contribution in [3.05, 3.63) is 95.9 Å². The quantitative estimate of drug-likeness (QED) is 0.263. The van der Waals surface area contributed by atoms with Crippen LogP contribution in [0.3, 0.4) is 0 Å². The molecular weight excluding hydrogens is 468 g/mol. The summed E-state index contributed by atoms with van der Waals surface area (Å²) in [7, 11) is 0. The van der Waals surface area contributed by atoms with Crippen molar-refractivity contribution in [1.82, 2.24) is 10.3 Å². The van der Waals surface area contributed by atoms with Crippen molar-refractivity contribution in [1.29, 1.82) is 0 Å². The SMILES string of the molecule is O=C(O)COc1cccc2c1CCCC2NC(CCO)c1nc(-c2ccccc2)c(-c2ccccc2)o1. The normalized spacial score (nSPS) is 15.6. The smallest absolute Gasteiger partial charge is 0.341 e. The maximum absolute atomic E-state index is 11.0. The van der Waals surface area contributed by atoms with Gasteiger partial charge in [-0.05, 0) is 42.9 Å². The van der Waals surface area contributed by atoms with Crippen LogP contribution in [0, 0.1) is 0 Å². The van der Waals surface area contributed by atoms with E-state index < -0.39 is 5.97 Å². The Labute approximate surface area is 215 Å². The van der Waals surface area contributed by atoms with Crippen LogP contribution in [0.15, 0.2) is 83.3 Å². The second-order valence-electron chi connectivity index (χ2n) is 9.14. The van der Waals surface area contributed by atoms with E-state index in [4.69, 9.17) is 19.2 Å². The van der Waals surface area contributed by atoms with E-state index in [0.717, 1.165) is 47.2 Å². The minimum Gasteiger partial charge on any atom is -0.482 e. The van der Waals surface area contributed by atoms with E-state index in [1.165, 1.54) is 0 Å². The molecule has 1 aliphatic rings. The zero-order valence-corrected chi connectivity index (χ0v) is 20.5. The Hall–Kier alpha value is -3.94. The number of carbonyl (C=O) groups is 1. The molecule has 7 heteroatoms. The van der Waals surface area contributed by atoms with Crippen molar-refractivity contribution in [2.75, 3.05) is 13.2 Å². The van der Waals surface area contributed by atoms with Gasteiger partial charge in [-0.15, -0.1) is 0 Å². The standard InChI is InChI=1S/C30H30N2O5/c33-18-17-25(31-24-15-7-14-23-22(24)13-8-16-26(23)36-19-27(34)35)30-32-28(20-9-3-1-4-10-20)29(37-30)21-11-5-2-6-12-21/h1-6,8-13,16,24-25,31,33H,7,14-15,17-19H2,(H,34,35). The Morgan fingerprint density at radius 3 is 2.46 bits per heavy atom. The van der Waals surface area contributed by atoms with Gasteiger partial charge >= 0.3 is 5.97 Å². The summed E-state index contributed by atoms with van der Waals surface area (Å²) in [5.41, 5.74) is 4.76. The van der Waals surface area contributed by atoms with Crippen LogP contribution in [-0.2, 0) is 11.2 Å². The van der Waals surface area contributed by atoms with Gasteiger partial charge in [0.15, 0.2) is 12.4 Å². The lowest BCUT2D eigenvalue weighted by Crippen LogP contribution is -2.30. The molecule has 0 bridgehead atoms. The minimum atomic E-state index is -1.00. The van der Waals surface area contributed by atoms with Crippen LogP contribution < -0.4 is 10.1 Å². The van der Waals surface area contributed by atoms with Crippen LogP contribution in [0.4, 0.5) is 0 Å². The fourth-order valence-corrected chi connectivity index (χ4v) is 4.98. The van der Waals surface area contributed by atoms with Crippen molar-refractivity contribution in [3.63, 3.8) is 0 Å². The van der Waals surface area contributed by atoms with E-state index in [2.05, 4.69) is 11.4 Å². The number of oxazole rings is 1. The fourth-order valence-electron chi connectivity index (χ4n) is 4.98. The maximum atomic E-state index is 11.0. The average Bonchev–Trinajstić information content (AvgIpc) is 3.38. The number of aromatic nitrogens is 1. The third kappa shape index (κ3) is 5.58. The first kappa shape index (κ1) is 24.7. The Balaban J connectivity index is 1.48. The van der Waals surface area contributed by atoms with Gasteiger partial charge in [-0.25, -0.2) is 9.78 Å². The average molecular weight is 499 g/mol. The molecule has 0 aliphatic heterocycles. The molecule has 1 aromatic heterocycles. The molecule has 7 nitrogen and oxygen atoms in total. The van der Waals surface area contributed by atoms with Crippen molar-refractivity contribution in [2.45, 2.75) is 37.8 Å². The predicted molar refractivity (Wildman–Crippen MR) is 140 cm³/mol. The van der Waals surface area contributed by atoms with Crippen LogP contribution in [-0.4, -0.2) is 34.4 Å². The molecule has 2 unspecified atom stereocenters. The Morgan fingerprint density at radius 2 is 1.76 bits per heavy atom. The first-order valence-electron chi connectivity index (χ1n) is 12.6. The number of nitrogens with one attached hydrogen (secondary N) is 1. The molecular formula is C30H30N2O5. The third-order valence-electron chi connectivity index (χ3n) is 6.66. The molecule has 1 heterocycles. The van der Waals surface area contributed by atoms with Gasteiger partial charge in [-0.3, -0.25) is 5.32 Å². The highest BCUT2D eigenvalue weighted by atomic mass is 16.5. The number of nitrogens with zero attached hydrogens (tertiary/aromatic N) is 1. The number of rotatable bonds is 10. The lowest BCUT2D eigenvalue weighted by Gasteiger charge is -2.30. The summed E-state index contributed by atoms with van der Waals surface area (Å²) in [5, 5.41) is 22.6. The van der Waals surface area contributed by atoms with E-state index >= 15 is 0 Å². The number of benzene rings is 3. The monoisotopic (exact) mass is 498 g/mol. The van der Waals surface area contributed by atoms with E-state index in [-0.39, 0.29) is 25.3 Å². The van der Waals surface area contributed by atoms with E-state index in [1.807, 2.05) is 72.8 Å². The molecule has 4 aromatic rings. The van der Waals surface area contributed by atoms with Gasteiger partial charge in [0.25, 0.3) is 0 Å². The topological polar surface area (TPSA) is 105 Å². The fraction of sp³-hybridized carbons (Fsp3) is 0.267. The van der Waals surface area contributed by atoms with E-state index in [9.17, 15) is 9.90 Å². The van der Waals surface area contributed by atoms with Crippen LogP contribution >= 0.6 is 0 Å². The van der Waals surface area contributed by atoms with Crippen LogP contribution in [0.2, 0.25) is 0 Å². The number of aliphatic hydroxyl groups excluding tert-OH is 1. The van der Waals surface area contributed by atoms with E-state index in [1.54, 1.807) is 0 Å². The number of hydrogen-bond donors (Lipinski definition) is 3. The predicted octanol–water partition coefficient (Wildman–Crippen LogP) is 5.56. The number of ether oxygens (including phenoxy) is 1. The van der Waals surface area contributed by atoms with Gasteiger partial charge in [0.1, 0.15) is 11.4 Å². The summed E-state index contributed by atoms with van der Waals surface area (Å²) in [6, 6.07) is 25.3. The minimum absolute atomic E-state index is 0.0130. The molecule has 3 N–H and O–H groups in total. The molecule has 0 saturated carbocycles. The number of aliphatic carboxylic acids is 1. The number of carboxylic acids is 1. The van der Waals surface area contributed by atoms with Gasteiger partial charge in [0.2, 0.25) is 5.89 Å². The summed E-state index contributed by atoms with van der Waals surface area (Å²) in [4.78, 5) is 16.0. The van der Waals surface area contributed by atoms with Gasteiger partial charge < -0.3 is 19.4 Å². The molecule has 2 atom stereocenters. The lowest BCUT2D eigenvalue weighted by molar-refractivity contribution is -0.139. The Morgan fingerprint density at radius 1 is 1.03 bits per heavy atom. The van der Waals surface area contributed by atoms with Crippen LogP contribution in [0.1, 0.15) is 48.4 Å². The van der Waals surface area contributed by atoms with Crippen molar-refractivity contribution < 1.29 is 24.2 Å². The van der Waals surface area contributed by atoms with Crippen molar-refractivity contribution >= 4 is 5.97 Å². The molecule has 190 valence electrons. The molecule has 0 spiro atoms. The second kappa shape index (κ2) is 11.4. The summed E-state index contributed by atoms with van der Waals surface area (Å²) in [6.07, 6.45) is 3.09. The maximum Gasteiger partial charge on any atom is 0.341 e. The summed E-state index contributed by atoms with van der Waals surface area (Å²) < 4.78 is 12.0. The van der Waals surface area contributed by atoms with Gasteiger partial charge in [-0.2, -0.15) is 0 Å². The summed E-state index contributed by atoms with van der Waals surface area (Å²) >= 11 is 0. The van der Waals surface area contributed by atoms with Gasteiger partial charge in [0.05, 0.1) is 6.04 Å². The molecule has 0 radical (unpaired) electrons. The number of carboxylic acid groups (broad SMARTS) is 1. The Bertz CT molecular complexity index is 1280. The van der Waals surface area contributed by atoms with Gasteiger partial charge in [0, 0.05) is 23.8 Å². The molecule has 5 rings (SSSR count). The Kier molecular flexibility index (Phi) is 7.63. The van der Waals surface area contributed by atoms with E-state index in [0.29, 0.717) is 23.8 Å². The van der Waals surface area contributed by atoms with Crippen LogP contribution in [0.25, 0.3) is 22.6 Å². The number of aliphatic hydroxyl groups is 1. The highest BCUT2D eigenvalue weighted by Crippen LogP contribution is 2.39. The summed E-state index contributed by atoms with van der Waals surface area (Å²) in [5.74, 6) is 0.828. The first-order chi connectivity index (χ1) is 18.1. The molecule has 0 saturated heterocycles. The van der Waals surface area contributed by atoms with Crippen molar-refractivity contribution in [3.8, 4) is 28.3 Å². The zero-order chi connectivity index (χ0) is 25.6. The second-order valence-corrected chi connectivity index (χ2v) is 9.14. The summed E-state index contributed by atoms with van der Waals surface area (Å²) in [6.45, 7) is -0.398. The lowest BCUT2D eigenvalue weighted by atomic mass is 9.86. The number of hydrogen-bond acceptors (Lipinski definition) is 6. The third-order valence-corrected chi connectivity index (χ3v) is 6.66.